The third-order valence-electron chi connectivity index (χ3n) is 5.61. The van der Waals surface area contributed by atoms with Crippen LogP contribution in [0.4, 0.5) is 0 Å². The zero-order valence-electron chi connectivity index (χ0n) is 11.3. The molecule has 5 rings (SSSR count). The molecule has 20 heavy (non-hydrogen) atoms. The summed E-state index contributed by atoms with van der Waals surface area (Å²) in [6.07, 6.45) is 8.24. The number of H-pyrrole nitrogens is 1. The molecule has 4 bridgehead atoms. The van der Waals surface area contributed by atoms with E-state index in [2.05, 4.69) is 9.97 Å². The number of aromatic nitrogens is 2. The summed E-state index contributed by atoms with van der Waals surface area (Å²) in [7, 11) is 0. The number of aromatic amines is 1. The molecule has 0 amide bonds. The maximum Gasteiger partial charge on any atom is 0.343 e. The fourth-order valence-electron chi connectivity index (χ4n) is 5.40. The van der Waals surface area contributed by atoms with Gasteiger partial charge < -0.3 is 10.1 Å². The number of rotatable bonds is 2. The summed E-state index contributed by atoms with van der Waals surface area (Å²) in [6, 6.07) is 0. The van der Waals surface area contributed by atoms with E-state index in [9.17, 15) is 14.7 Å². The molecule has 1 heterocycles. The van der Waals surface area contributed by atoms with E-state index in [1.807, 2.05) is 0 Å². The Kier molecular flexibility index (Phi) is 2.38. The minimum Gasteiger partial charge on any atom is -0.477 e. The van der Waals surface area contributed by atoms with Crippen LogP contribution in [0, 0.1) is 17.8 Å². The van der Waals surface area contributed by atoms with Gasteiger partial charge in [0.05, 0.1) is 12.0 Å². The molecule has 0 radical (unpaired) electrons. The Morgan fingerprint density at radius 1 is 1.20 bits per heavy atom. The van der Waals surface area contributed by atoms with Crippen molar-refractivity contribution in [2.75, 3.05) is 0 Å². The number of carboxylic acids is 1. The van der Waals surface area contributed by atoms with Crippen molar-refractivity contribution in [3.63, 3.8) is 0 Å². The van der Waals surface area contributed by atoms with Crippen LogP contribution in [0.25, 0.3) is 0 Å². The second-order valence-corrected chi connectivity index (χ2v) is 6.96. The first kappa shape index (κ1) is 12.1. The average Bonchev–Trinajstić information content (AvgIpc) is 2.36. The molecule has 0 saturated heterocycles. The molecular formula is C15H18N2O3. The second kappa shape index (κ2) is 3.93. The molecule has 106 valence electrons. The molecule has 0 aliphatic heterocycles. The van der Waals surface area contributed by atoms with Crippen molar-refractivity contribution in [1.82, 2.24) is 9.97 Å². The van der Waals surface area contributed by atoms with Crippen LogP contribution in [-0.4, -0.2) is 21.0 Å². The summed E-state index contributed by atoms with van der Waals surface area (Å²) < 4.78 is 0. The van der Waals surface area contributed by atoms with Crippen molar-refractivity contribution in [2.45, 2.75) is 43.9 Å². The predicted molar refractivity (Wildman–Crippen MR) is 71.7 cm³/mol. The van der Waals surface area contributed by atoms with E-state index in [4.69, 9.17) is 0 Å². The molecule has 0 unspecified atom stereocenters. The topological polar surface area (TPSA) is 83.0 Å². The van der Waals surface area contributed by atoms with Crippen LogP contribution in [0.5, 0.6) is 0 Å². The van der Waals surface area contributed by atoms with Crippen molar-refractivity contribution in [2.24, 2.45) is 17.8 Å². The highest BCUT2D eigenvalue weighted by Crippen LogP contribution is 2.60. The summed E-state index contributed by atoms with van der Waals surface area (Å²) in [4.78, 5) is 30.1. The van der Waals surface area contributed by atoms with Crippen LogP contribution in [0.15, 0.2) is 11.1 Å². The number of nitrogens with one attached hydrogen (secondary N) is 1. The van der Waals surface area contributed by atoms with Gasteiger partial charge >= 0.3 is 5.97 Å². The summed E-state index contributed by atoms with van der Waals surface area (Å²) in [5.74, 6) is 0.946. The second-order valence-electron chi connectivity index (χ2n) is 6.96. The highest BCUT2D eigenvalue weighted by atomic mass is 16.4. The third kappa shape index (κ3) is 1.58. The zero-order valence-corrected chi connectivity index (χ0v) is 11.3. The molecule has 0 spiro atoms. The molecule has 4 aliphatic carbocycles. The van der Waals surface area contributed by atoms with Crippen LogP contribution < -0.4 is 5.56 Å². The van der Waals surface area contributed by atoms with E-state index in [1.165, 1.54) is 25.6 Å². The molecule has 0 atom stereocenters. The van der Waals surface area contributed by atoms with Crippen molar-refractivity contribution in [1.29, 1.82) is 0 Å². The molecule has 0 aromatic carbocycles. The van der Waals surface area contributed by atoms with Gasteiger partial charge in [-0.15, -0.1) is 0 Å². The van der Waals surface area contributed by atoms with Crippen LogP contribution >= 0.6 is 0 Å². The van der Waals surface area contributed by atoms with Crippen molar-refractivity contribution >= 4 is 5.97 Å². The number of hydrogen-bond acceptors (Lipinski definition) is 3. The van der Waals surface area contributed by atoms with Gasteiger partial charge in [0.25, 0.3) is 5.56 Å². The molecule has 4 aliphatic rings. The van der Waals surface area contributed by atoms with Gasteiger partial charge in [-0.25, -0.2) is 9.78 Å². The van der Waals surface area contributed by atoms with Gasteiger partial charge in [-0.05, 0) is 56.3 Å². The lowest BCUT2D eigenvalue weighted by Gasteiger charge is -2.56. The highest BCUT2D eigenvalue weighted by molar-refractivity contribution is 5.88. The van der Waals surface area contributed by atoms with E-state index >= 15 is 0 Å². The van der Waals surface area contributed by atoms with Crippen LogP contribution in [0.2, 0.25) is 0 Å². The van der Waals surface area contributed by atoms with E-state index in [0.717, 1.165) is 19.3 Å². The number of hydrogen-bond donors (Lipinski definition) is 2. The molecule has 5 heteroatoms. The quantitative estimate of drug-likeness (QED) is 0.863. The Bertz CT molecular complexity index is 599. The van der Waals surface area contributed by atoms with Crippen molar-refractivity contribution in [3.8, 4) is 0 Å². The van der Waals surface area contributed by atoms with Crippen LogP contribution in [0.1, 0.15) is 54.6 Å². The molecule has 4 fully saturated rings. The monoisotopic (exact) mass is 274 g/mol. The Labute approximate surface area is 116 Å². The minimum atomic E-state index is -1.15. The molecule has 1 aromatic heterocycles. The van der Waals surface area contributed by atoms with Gasteiger partial charge in [-0.3, -0.25) is 4.79 Å². The Hall–Kier alpha value is -1.65. The molecule has 4 saturated carbocycles. The molecule has 5 nitrogen and oxygen atoms in total. The summed E-state index contributed by atoms with van der Waals surface area (Å²) in [5.41, 5.74) is -0.253. The van der Waals surface area contributed by atoms with E-state index in [1.54, 1.807) is 0 Å². The summed E-state index contributed by atoms with van der Waals surface area (Å²) >= 11 is 0. The van der Waals surface area contributed by atoms with Crippen LogP contribution in [0.3, 0.4) is 0 Å². The lowest BCUT2D eigenvalue weighted by atomic mass is 9.48. The smallest absolute Gasteiger partial charge is 0.343 e. The van der Waals surface area contributed by atoms with Gasteiger partial charge in [0.15, 0.2) is 0 Å². The average molecular weight is 274 g/mol. The van der Waals surface area contributed by atoms with Crippen LogP contribution in [-0.2, 0) is 5.41 Å². The predicted octanol–water partition coefficient (Wildman–Crippen LogP) is 1.94. The maximum absolute atomic E-state index is 11.9. The lowest BCUT2D eigenvalue weighted by Crippen LogP contribution is -2.50. The first-order valence-electron chi connectivity index (χ1n) is 7.39. The lowest BCUT2D eigenvalue weighted by molar-refractivity contribution is -0.00801. The number of nitrogens with zero attached hydrogens (tertiary/aromatic N) is 1. The molecule has 2 N–H and O–H groups in total. The van der Waals surface area contributed by atoms with Gasteiger partial charge in [0.1, 0.15) is 5.56 Å². The number of carboxylic acid groups (broad SMARTS) is 1. The summed E-state index contributed by atoms with van der Waals surface area (Å²) in [6.45, 7) is 0. The van der Waals surface area contributed by atoms with Crippen molar-refractivity contribution < 1.29 is 9.90 Å². The normalized spacial score (nSPS) is 38.1. The largest absolute Gasteiger partial charge is 0.477 e. The standard InChI is InChI=1S/C15H18N2O3/c18-13-11(14(19)20)12(16-7-17-13)15-4-8-1-9(5-15)3-10(2-8)6-15/h7-10H,1-6H2,(H,19,20)(H,16,17,18). The first-order chi connectivity index (χ1) is 9.57. The SMILES string of the molecule is O=C(O)c1c(C23CC4CC(CC(C4)C2)C3)nc[nH]c1=O. The fraction of sp³-hybridized carbons (Fsp3) is 0.667. The summed E-state index contributed by atoms with van der Waals surface area (Å²) in [5, 5.41) is 9.39. The van der Waals surface area contributed by atoms with Gasteiger partial charge in [-0.2, -0.15) is 0 Å². The van der Waals surface area contributed by atoms with Gasteiger partial charge in [0.2, 0.25) is 0 Å². The highest BCUT2D eigenvalue weighted by Gasteiger charge is 2.53. The number of carbonyl (C=O) groups is 1. The van der Waals surface area contributed by atoms with E-state index in [-0.39, 0.29) is 11.0 Å². The Morgan fingerprint density at radius 3 is 2.25 bits per heavy atom. The Balaban J connectivity index is 1.87. The van der Waals surface area contributed by atoms with Gasteiger partial charge in [-0.1, -0.05) is 0 Å². The zero-order chi connectivity index (χ0) is 13.9. The van der Waals surface area contributed by atoms with Gasteiger partial charge in [0, 0.05) is 5.41 Å². The minimum absolute atomic E-state index is 0.130. The van der Waals surface area contributed by atoms with Crippen molar-refractivity contribution in [3.05, 3.63) is 27.9 Å². The fourth-order valence-corrected chi connectivity index (χ4v) is 5.40. The number of aromatic carboxylic acids is 1. The van der Waals surface area contributed by atoms with E-state index in [0.29, 0.717) is 23.4 Å². The molecular weight excluding hydrogens is 256 g/mol. The van der Waals surface area contributed by atoms with E-state index < -0.39 is 11.5 Å². The molecule has 1 aromatic rings. The third-order valence-corrected chi connectivity index (χ3v) is 5.61. The first-order valence-corrected chi connectivity index (χ1v) is 7.39. The maximum atomic E-state index is 11.9. The Morgan fingerprint density at radius 2 is 1.75 bits per heavy atom.